The fourth-order valence-corrected chi connectivity index (χ4v) is 3.10. The summed E-state index contributed by atoms with van der Waals surface area (Å²) in [6.45, 7) is 1.78. The molecule has 2 aromatic carbocycles. The van der Waals surface area contributed by atoms with Gasteiger partial charge < -0.3 is 9.30 Å². The third-order valence-corrected chi connectivity index (χ3v) is 4.38. The summed E-state index contributed by atoms with van der Waals surface area (Å²) in [6.07, 6.45) is -3.34. The van der Waals surface area contributed by atoms with Gasteiger partial charge in [0.1, 0.15) is 5.56 Å². The highest BCUT2D eigenvalue weighted by atomic mass is 35.5. The highest BCUT2D eigenvalue weighted by Crippen LogP contribution is 2.31. The summed E-state index contributed by atoms with van der Waals surface area (Å²) in [5.74, 6) is -0.825. The van der Waals surface area contributed by atoms with Crippen molar-refractivity contribution >= 4 is 28.5 Å². The van der Waals surface area contributed by atoms with Crippen molar-refractivity contribution in [2.45, 2.75) is 19.6 Å². The number of rotatable bonds is 4. The molecule has 0 atom stereocenters. The molecule has 3 aromatic rings. The second-order valence-corrected chi connectivity index (χ2v) is 6.52. The van der Waals surface area contributed by atoms with E-state index in [1.807, 2.05) is 0 Å². The minimum Gasteiger partial charge on any atom is -0.462 e. The lowest BCUT2D eigenvalue weighted by molar-refractivity contribution is -0.137. The van der Waals surface area contributed by atoms with Crippen LogP contribution in [0.2, 0.25) is 5.02 Å². The zero-order valence-electron chi connectivity index (χ0n) is 14.7. The number of fused-ring (bicyclic) bond motifs is 1. The Balaban J connectivity index is 2.25. The van der Waals surface area contributed by atoms with E-state index < -0.39 is 23.1 Å². The van der Waals surface area contributed by atoms with E-state index in [0.29, 0.717) is 10.6 Å². The molecule has 0 fully saturated rings. The molecule has 0 saturated heterocycles. The van der Waals surface area contributed by atoms with Crippen LogP contribution in [0, 0.1) is 0 Å². The summed E-state index contributed by atoms with van der Waals surface area (Å²) in [7, 11) is 0. The number of nitrogens with zero attached hydrogens (tertiary/aromatic N) is 1. The van der Waals surface area contributed by atoms with Gasteiger partial charge in [-0.25, -0.2) is 4.79 Å². The van der Waals surface area contributed by atoms with Crippen LogP contribution in [0.15, 0.2) is 53.5 Å². The number of alkyl halides is 3. The van der Waals surface area contributed by atoms with Crippen LogP contribution < -0.4 is 5.43 Å². The maximum absolute atomic E-state index is 13.2. The predicted molar refractivity (Wildman–Crippen MR) is 99.7 cm³/mol. The van der Waals surface area contributed by atoms with Crippen LogP contribution in [0.5, 0.6) is 0 Å². The second-order valence-electron chi connectivity index (χ2n) is 6.08. The number of aromatic nitrogens is 1. The Kier molecular flexibility index (Phi) is 5.47. The largest absolute Gasteiger partial charge is 0.462 e. The number of hydrogen-bond acceptors (Lipinski definition) is 3. The summed E-state index contributed by atoms with van der Waals surface area (Å²) in [5.41, 5.74) is -1.04. The smallest absolute Gasteiger partial charge is 0.416 e. The van der Waals surface area contributed by atoms with Crippen molar-refractivity contribution in [3.8, 4) is 0 Å². The second kappa shape index (κ2) is 7.67. The van der Waals surface area contributed by atoms with Gasteiger partial charge in [-0.1, -0.05) is 23.7 Å². The Hall–Kier alpha value is -2.80. The monoisotopic (exact) mass is 409 g/mol. The number of benzene rings is 2. The maximum Gasteiger partial charge on any atom is 0.416 e. The van der Waals surface area contributed by atoms with E-state index in [1.165, 1.54) is 10.8 Å². The maximum atomic E-state index is 13.2. The number of esters is 1. The van der Waals surface area contributed by atoms with E-state index in [4.69, 9.17) is 16.3 Å². The fourth-order valence-electron chi connectivity index (χ4n) is 2.88. The molecule has 0 saturated carbocycles. The molecule has 0 N–H and O–H groups in total. The average Bonchev–Trinajstić information content (AvgIpc) is 2.63. The molecule has 28 heavy (non-hydrogen) atoms. The van der Waals surface area contributed by atoms with Gasteiger partial charge in [-0.3, -0.25) is 4.79 Å². The van der Waals surface area contributed by atoms with Gasteiger partial charge >= 0.3 is 12.1 Å². The number of ether oxygens (including phenoxy) is 1. The van der Waals surface area contributed by atoms with Gasteiger partial charge in [0.15, 0.2) is 0 Å². The van der Waals surface area contributed by atoms with E-state index >= 15 is 0 Å². The molecule has 0 aliphatic rings. The van der Waals surface area contributed by atoms with Crippen molar-refractivity contribution in [3.05, 3.63) is 80.6 Å². The summed E-state index contributed by atoms with van der Waals surface area (Å²) in [6, 6.07) is 9.57. The van der Waals surface area contributed by atoms with Gasteiger partial charge in [0.05, 0.1) is 17.7 Å². The fraction of sp³-hybridized carbons (Fsp3) is 0.200. The van der Waals surface area contributed by atoms with E-state index in [-0.39, 0.29) is 29.6 Å². The van der Waals surface area contributed by atoms with E-state index in [0.717, 1.165) is 18.2 Å². The zero-order chi connectivity index (χ0) is 20.5. The summed E-state index contributed by atoms with van der Waals surface area (Å²) in [5, 5.41) is 0.463. The minimum absolute atomic E-state index is 0.000538. The zero-order valence-corrected chi connectivity index (χ0v) is 15.5. The van der Waals surface area contributed by atoms with Crippen molar-refractivity contribution in [3.63, 3.8) is 0 Å². The normalized spacial score (nSPS) is 11.6. The quantitative estimate of drug-likeness (QED) is 0.576. The van der Waals surface area contributed by atoms with Crippen LogP contribution in [-0.2, 0) is 17.5 Å². The average molecular weight is 410 g/mol. The van der Waals surface area contributed by atoms with Crippen molar-refractivity contribution < 1.29 is 22.7 Å². The van der Waals surface area contributed by atoms with Gasteiger partial charge in [-0.2, -0.15) is 13.2 Å². The van der Waals surface area contributed by atoms with Crippen LogP contribution >= 0.6 is 11.6 Å². The lowest BCUT2D eigenvalue weighted by Gasteiger charge is -2.15. The van der Waals surface area contributed by atoms with Crippen molar-refractivity contribution in [1.82, 2.24) is 4.57 Å². The Morgan fingerprint density at radius 2 is 1.93 bits per heavy atom. The summed E-state index contributed by atoms with van der Waals surface area (Å²) < 4.78 is 45.8. The molecule has 0 spiro atoms. The lowest BCUT2D eigenvalue weighted by Crippen LogP contribution is -2.21. The first-order valence-corrected chi connectivity index (χ1v) is 8.74. The molecule has 4 nitrogen and oxygen atoms in total. The molecular weight excluding hydrogens is 395 g/mol. The van der Waals surface area contributed by atoms with Crippen molar-refractivity contribution in [1.29, 1.82) is 0 Å². The molecule has 3 rings (SSSR count). The first kappa shape index (κ1) is 19.9. The SMILES string of the molecule is CCOC(=O)c1cn(Cc2cccc(Cl)c2)c2cc(C(F)(F)F)ccc2c1=O. The first-order chi connectivity index (χ1) is 13.2. The molecular formula is C20H15ClF3NO3. The van der Waals surface area contributed by atoms with Gasteiger partial charge in [0.2, 0.25) is 5.43 Å². The van der Waals surface area contributed by atoms with Gasteiger partial charge in [-0.05, 0) is 42.8 Å². The molecule has 8 heteroatoms. The third-order valence-electron chi connectivity index (χ3n) is 4.15. The molecule has 0 radical (unpaired) electrons. The van der Waals surface area contributed by atoms with E-state index in [2.05, 4.69) is 0 Å². The molecule has 0 aliphatic heterocycles. The van der Waals surface area contributed by atoms with Crippen LogP contribution in [-0.4, -0.2) is 17.1 Å². The Labute approximate surface area is 163 Å². The summed E-state index contributed by atoms with van der Waals surface area (Å²) in [4.78, 5) is 24.8. The Morgan fingerprint density at radius 1 is 1.18 bits per heavy atom. The number of hydrogen-bond donors (Lipinski definition) is 0. The van der Waals surface area contributed by atoms with Gasteiger partial charge in [0, 0.05) is 23.2 Å². The molecule has 0 aliphatic carbocycles. The van der Waals surface area contributed by atoms with Crippen LogP contribution in [0.4, 0.5) is 13.2 Å². The first-order valence-electron chi connectivity index (χ1n) is 8.36. The van der Waals surface area contributed by atoms with Gasteiger partial charge in [-0.15, -0.1) is 0 Å². The molecule has 1 aromatic heterocycles. The molecule has 0 amide bonds. The lowest BCUT2D eigenvalue weighted by atomic mass is 10.1. The minimum atomic E-state index is -4.56. The molecule has 0 unspecified atom stereocenters. The number of carbonyl (C=O) groups is 1. The van der Waals surface area contributed by atoms with Crippen molar-refractivity contribution in [2.75, 3.05) is 6.61 Å². The topological polar surface area (TPSA) is 48.3 Å². The molecule has 146 valence electrons. The number of carbonyl (C=O) groups excluding carboxylic acids is 1. The van der Waals surface area contributed by atoms with Crippen molar-refractivity contribution in [2.24, 2.45) is 0 Å². The van der Waals surface area contributed by atoms with Crippen LogP contribution in [0.3, 0.4) is 0 Å². The van der Waals surface area contributed by atoms with Crippen LogP contribution in [0.1, 0.15) is 28.4 Å². The number of pyridine rings is 1. The van der Waals surface area contributed by atoms with E-state index in [1.54, 1.807) is 31.2 Å². The van der Waals surface area contributed by atoms with Crippen LogP contribution in [0.25, 0.3) is 10.9 Å². The molecule has 1 heterocycles. The third kappa shape index (κ3) is 4.04. The highest BCUT2D eigenvalue weighted by Gasteiger charge is 2.31. The van der Waals surface area contributed by atoms with E-state index in [9.17, 15) is 22.8 Å². The standard InChI is InChI=1S/C20H15ClF3NO3/c1-2-28-19(27)16-11-25(10-12-4-3-5-14(21)8-12)17-9-13(20(22,23)24)6-7-15(17)18(16)26/h3-9,11H,2,10H2,1H3. The Bertz CT molecular complexity index is 1110. The van der Waals surface area contributed by atoms with Gasteiger partial charge in [0.25, 0.3) is 0 Å². The number of halogens is 4. The molecule has 0 bridgehead atoms. The Morgan fingerprint density at radius 3 is 2.57 bits per heavy atom. The predicted octanol–water partition coefficient (Wildman–Crippen LogP) is 4.90. The summed E-state index contributed by atoms with van der Waals surface area (Å²) >= 11 is 5.98. The highest BCUT2D eigenvalue weighted by molar-refractivity contribution is 6.30.